The number of esters is 1. The lowest BCUT2D eigenvalue weighted by molar-refractivity contribution is -0.144. The number of ether oxygens (including phenoxy) is 1. The molecule has 94 valence electrons. The van der Waals surface area contributed by atoms with Gasteiger partial charge in [0.2, 0.25) is 0 Å². The fraction of sp³-hybridized carbons (Fsp3) is 0.545. The van der Waals surface area contributed by atoms with Gasteiger partial charge < -0.3 is 9.30 Å². The Morgan fingerprint density at radius 1 is 1.47 bits per heavy atom. The predicted octanol–water partition coefficient (Wildman–Crippen LogP) is 1.42. The number of hydrogen-bond acceptors (Lipinski definition) is 5. The van der Waals surface area contributed by atoms with Crippen LogP contribution in [0.5, 0.6) is 0 Å². The number of aryl methyl sites for hydroxylation is 1. The molecule has 0 unspecified atom stereocenters. The molecule has 0 bridgehead atoms. The van der Waals surface area contributed by atoms with E-state index in [0.717, 1.165) is 5.16 Å². The third-order valence-electron chi connectivity index (χ3n) is 2.05. The van der Waals surface area contributed by atoms with E-state index < -0.39 is 0 Å². The summed E-state index contributed by atoms with van der Waals surface area (Å²) in [6, 6.07) is 0. The van der Waals surface area contributed by atoms with Crippen LogP contribution in [-0.4, -0.2) is 33.7 Å². The van der Waals surface area contributed by atoms with Gasteiger partial charge in [-0.15, -0.1) is 0 Å². The molecule has 0 aromatic carbocycles. The van der Waals surface area contributed by atoms with E-state index in [9.17, 15) is 9.59 Å². The van der Waals surface area contributed by atoms with Crippen LogP contribution in [0.25, 0.3) is 0 Å². The van der Waals surface area contributed by atoms with Crippen molar-refractivity contribution in [3.63, 3.8) is 0 Å². The lowest BCUT2D eigenvalue weighted by Crippen LogP contribution is -2.09. The van der Waals surface area contributed by atoms with Crippen LogP contribution in [0, 0.1) is 0 Å². The predicted molar refractivity (Wildman–Crippen MR) is 64.8 cm³/mol. The van der Waals surface area contributed by atoms with Crippen molar-refractivity contribution in [3.05, 3.63) is 12.4 Å². The van der Waals surface area contributed by atoms with Gasteiger partial charge in [0.1, 0.15) is 5.78 Å². The number of thioether (sulfide) groups is 1. The third-order valence-corrected chi connectivity index (χ3v) is 3.17. The standard InChI is InChI=1S/C11H16N2O3S/c1-3-16-10(15)5-4-9(14)8-17-11-12-6-7-13(11)2/h6-7H,3-5,8H2,1-2H3. The Hall–Kier alpha value is -1.30. The zero-order chi connectivity index (χ0) is 12.7. The average Bonchev–Trinajstić information content (AvgIpc) is 2.70. The lowest BCUT2D eigenvalue weighted by atomic mass is 10.2. The van der Waals surface area contributed by atoms with Crippen LogP contribution in [0.1, 0.15) is 19.8 Å². The second-order valence-electron chi connectivity index (χ2n) is 3.45. The molecule has 5 nitrogen and oxygen atoms in total. The first kappa shape index (κ1) is 13.8. The van der Waals surface area contributed by atoms with Crippen LogP contribution < -0.4 is 0 Å². The molecule has 1 aromatic rings. The molecule has 0 aliphatic carbocycles. The molecule has 0 saturated heterocycles. The summed E-state index contributed by atoms with van der Waals surface area (Å²) >= 11 is 1.38. The van der Waals surface area contributed by atoms with Crippen molar-refractivity contribution < 1.29 is 14.3 Å². The topological polar surface area (TPSA) is 61.2 Å². The highest BCUT2D eigenvalue weighted by molar-refractivity contribution is 7.99. The summed E-state index contributed by atoms with van der Waals surface area (Å²) in [6.07, 6.45) is 3.90. The number of imidazole rings is 1. The Balaban J connectivity index is 2.22. The SMILES string of the molecule is CCOC(=O)CCC(=O)CSc1nccn1C. The van der Waals surface area contributed by atoms with Crippen molar-refractivity contribution in [2.45, 2.75) is 24.9 Å². The normalized spacial score (nSPS) is 10.2. The number of hydrogen-bond donors (Lipinski definition) is 0. The first-order chi connectivity index (χ1) is 8.13. The van der Waals surface area contributed by atoms with E-state index >= 15 is 0 Å². The lowest BCUT2D eigenvalue weighted by Gasteiger charge is -2.02. The van der Waals surface area contributed by atoms with Crippen molar-refractivity contribution in [1.29, 1.82) is 0 Å². The van der Waals surface area contributed by atoms with Crippen molar-refractivity contribution in [2.24, 2.45) is 7.05 Å². The summed E-state index contributed by atoms with van der Waals surface area (Å²) in [5.74, 6) is 0.0541. The van der Waals surface area contributed by atoms with Crippen molar-refractivity contribution in [2.75, 3.05) is 12.4 Å². The number of carbonyl (C=O) groups is 2. The monoisotopic (exact) mass is 256 g/mol. The Kier molecular flexibility index (Phi) is 5.76. The van der Waals surface area contributed by atoms with E-state index in [0.29, 0.717) is 12.4 Å². The molecule has 0 fully saturated rings. The van der Waals surface area contributed by atoms with Crippen molar-refractivity contribution >= 4 is 23.5 Å². The fourth-order valence-corrected chi connectivity index (χ4v) is 2.02. The average molecular weight is 256 g/mol. The molecule has 0 spiro atoms. The van der Waals surface area contributed by atoms with Gasteiger partial charge in [-0.05, 0) is 6.92 Å². The maximum Gasteiger partial charge on any atom is 0.306 e. The molecule has 0 N–H and O–H groups in total. The minimum absolute atomic E-state index is 0.0334. The van der Waals surface area contributed by atoms with E-state index in [-0.39, 0.29) is 24.6 Å². The zero-order valence-electron chi connectivity index (χ0n) is 10.0. The zero-order valence-corrected chi connectivity index (χ0v) is 10.8. The second-order valence-corrected chi connectivity index (χ2v) is 4.40. The van der Waals surface area contributed by atoms with Crippen LogP contribution in [0.3, 0.4) is 0 Å². The second kappa shape index (κ2) is 7.11. The number of aromatic nitrogens is 2. The van der Waals surface area contributed by atoms with Crippen LogP contribution in [0.4, 0.5) is 0 Å². The highest BCUT2D eigenvalue weighted by Crippen LogP contribution is 2.15. The number of Topliss-reactive ketones (excluding diaryl/α,β-unsaturated/α-hetero) is 1. The summed E-state index contributed by atoms with van der Waals surface area (Å²) in [5.41, 5.74) is 0. The Labute approximate surface area is 105 Å². The number of rotatable bonds is 7. The molecule has 0 aliphatic heterocycles. The van der Waals surface area contributed by atoms with E-state index in [1.54, 1.807) is 13.1 Å². The fourth-order valence-electron chi connectivity index (χ4n) is 1.18. The molecule has 0 atom stereocenters. The molecule has 17 heavy (non-hydrogen) atoms. The minimum atomic E-state index is -0.317. The van der Waals surface area contributed by atoms with Crippen LogP contribution in [0.15, 0.2) is 17.6 Å². The van der Waals surface area contributed by atoms with Gasteiger partial charge in [-0.1, -0.05) is 11.8 Å². The molecule has 0 amide bonds. The first-order valence-corrected chi connectivity index (χ1v) is 6.39. The number of ketones is 1. The smallest absolute Gasteiger partial charge is 0.306 e. The van der Waals surface area contributed by atoms with Gasteiger partial charge in [-0.2, -0.15) is 0 Å². The van der Waals surface area contributed by atoms with E-state index in [1.165, 1.54) is 11.8 Å². The highest BCUT2D eigenvalue weighted by Gasteiger charge is 2.09. The largest absolute Gasteiger partial charge is 0.466 e. The molecule has 1 rings (SSSR count). The maximum absolute atomic E-state index is 11.5. The van der Waals surface area contributed by atoms with Gasteiger partial charge in [-0.3, -0.25) is 9.59 Å². The number of nitrogens with zero attached hydrogens (tertiary/aromatic N) is 2. The van der Waals surface area contributed by atoms with E-state index in [2.05, 4.69) is 4.98 Å². The molecule has 0 radical (unpaired) electrons. The molecular formula is C11H16N2O3S. The van der Waals surface area contributed by atoms with E-state index in [4.69, 9.17) is 4.74 Å². The van der Waals surface area contributed by atoms with Crippen molar-refractivity contribution in [1.82, 2.24) is 9.55 Å². The van der Waals surface area contributed by atoms with E-state index in [1.807, 2.05) is 17.8 Å². The van der Waals surface area contributed by atoms with Crippen LogP contribution in [-0.2, 0) is 21.4 Å². The molecular weight excluding hydrogens is 240 g/mol. The Morgan fingerprint density at radius 3 is 2.82 bits per heavy atom. The van der Waals surface area contributed by atoms with Gasteiger partial charge >= 0.3 is 5.97 Å². The van der Waals surface area contributed by atoms with Crippen LogP contribution in [0.2, 0.25) is 0 Å². The molecule has 6 heteroatoms. The van der Waals surface area contributed by atoms with Crippen LogP contribution >= 0.6 is 11.8 Å². The maximum atomic E-state index is 11.5. The first-order valence-electron chi connectivity index (χ1n) is 5.41. The summed E-state index contributed by atoms with van der Waals surface area (Å²) in [4.78, 5) is 26.6. The molecule has 0 aliphatic rings. The molecule has 1 heterocycles. The van der Waals surface area contributed by atoms with Gasteiger partial charge in [0.15, 0.2) is 5.16 Å². The van der Waals surface area contributed by atoms with Gasteiger partial charge in [0.25, 0.3) is 0 Å². The quantitative estimate of drug-likeness (QED) is 0.545. The molecule has 1 aromatic heterocycles. The highest BCUT2D eigenvalue weighted by atomic mass is 32.2. The van der Waals surface area contributed by atoms with Gasteiger partial charge in [-0.25, -0.2) is 4.98 Å². The number of carbonyl (C=O) groups excluding carboxylic acids is 2. The Bertz CT molecular complexity index is 390. The van der Waals surface area contributed by atoms with Crippen molar-refractivity contribution in [3.8, 4) is 0 Å². The summed E-state index contributed by atoms with van der Waals surface area (Å²) < 4.78 is 6.60. The third kappa shape index (κ3) is 5.04. The van der Waals surface area contributed by atoms with Gasteiger partial charge in [0.05, 0.1) is 18.8 Å². The summed E-state index contributed by atoms with van der Waals surface area (Å²) in [5, 5.41) is 0.800. The summed E-state index contributed by atoms with van der Waals surface area (Å²) in [6.45, 7) is 2.10. The summed E-state index contributed by atoms with van der Waals surface area (Å²) in [7, 11) is 1.87. The molecule has 0 saturated carbocycles. The minimum Gasteiger partial charge on any atom is -0.466 e. The Morgan fingerprint density at radius 2 is 2.24 bits per heavy atom. The van der Waals surface area contributed by atoms with Gasteiger partial charge in [0, 0.05) is 25.9 Å².